The molecule has 12 nitrogen and oxygen atoms in total. The van der Waals surface area contributed by atoms with E-state index in [2.05, 4.69) is 30.6 Å². The first kappa shape index (κ1) is 34.7. The van der Waals surface area contributed by atoms with E-state index >= 15 is 0 Å². The molecule has 7 aromatic rings. The molecule has 0 saturated carbocycles. The number of rotatable bonds is 11. The van der Waals surface area contributed by atoms with Gasteiger partial charge in [-0.2, -0.15) is 28.5 Å². The van der Waals surface area contributed by atoms with E-state index in [1.807, 2.05) is 78.3 Å². The number of hydrogen-bond donors (Lipinski definition) is 1. The zero-order chi connectivity index (χ0) is 37.1. The van der Waals surface area contributed by atoms with E-state index in [1.165, 1.54) is 6.33 Å². The van der Waals surface area contributed by atoms with Gasteiger partial charge in [0.25, 0.3) is 5.91 Å². The van der Waals surface area contributed by atoms with Crippen LogP contribution < -0.4 is 19.7 Å². The van der Waals surface area contributed by atoms with Gasteiger partial charge in [-0.05, 0) is 78.2 Å². The van der Waals surface area contributed by atoms with Crippen LogP contribution in [0.5, 0.6) is 11.5 Å². The van der Waals surface area contributed by atoms with Gasteiger partial charge in [0.2, 0.25) is 0 Å². The molecule has 0 bridgehead atoms. The Kier molecular flexibility index (Phi) is 9.46. The average molecular weight is 720 g/mol. The number of hydrogen-bond acceptors (Lipinski definition) is 9. The van der Waals surface area contributed by atoms with Gasteiger partial charge in [0.1, 0.15) is 23.3 Å². The second kappa shape index (κ2) is 14.5. The van der Waals surface area contributed by atoms with Gasteiger partial charge in [0.05, 0.1) is 43.6 Å². The van der Waals surface area contributed by atoms with Gasteiger partial charge in [-0.3, -0.25) is 4.79 Å². The molecule has 1 N–H and O–H groups in total. The van der Waals surface area contributed by atoms with Crippen LogP contribution in [0.4, 0.5) is 24.7 Å². The third-order valence-corrected chi connectivity index (χ3v) is 8.60. The summed E-state index contributed by atoms with van der Waals surface area (Å²) in [5.74, 6) is 1.44. The van der Waals surface area contributed by atoms with E-state index in [-0.39, 0.29) is 0 Å². The summed E-state index contributed by atoms with van der Waals surface area (Å²) in [5, 5.41) is 18.7. The van der Waals surface area contributed by atoms with Gasteiger partial charge < -0.3 is 19.7 Å². The van der Waals surface area contributed by atoms with Gasteiger partial charge >= 0.3 is 6.18 Å². The maximum atomic E-state index is 13.2. The van der Waals surface area contributed by atoms with Crippen LogP contribution >= 0.6 is 0 Å². The van der Waals surface area contributed by atoms with Gasteiger partial charge in [0, 0.05) is 30.5 Å². The fourth-order valence-corrected chi connectivity index (χ4v) is 5.84. The summed E-state index contributed by atoms with van der Waals surface area (Å²) in [4.78, 5) is 19.7. The smallest absolute Gasteiger partial charge is 0.418 e. The van der Waals surface area contributed by atoms with Crippen LogP contribution in [0.1, 0.15) is 32.7 Å². The van der Waals surface area contributed by atoms with Crippen LogP contribution in [0.2, 0.25) is 0 Å². The monoisotopic (exact) mass is 719 g/mol. The van der Waals surface area contributed by atoms with Crippen LogP contribution in [0, 0.1) is 6.92 Å². The predicted octanol–water partition coefficient (Wildman–Crippen LogP) is 7.18. The summed E-state index contributed by atoms with van der Waals surface area (Å²) >= 11 is 0. The van der Waals surface area contributed by atoms with Crippen molar-refractivity contribution in [1.29, 1.82) is 0 Å². The Morgan fingerprint density at radius 1 is 0.849 bits per heavy atom. The summed E-state index contributed by atoms with van der Waals surface area (Å²) < 4.78 is 53.7. The van der Waals surface area contributed by atoms with E-state index in [4.69, 9.17) is 14.5 Å². The minimum Gasteiger partial charge on any atom is -0.497 e. The third kappa shape index (κ3) is 7.49. The summed E-state index contributed by atoms with van der Waals surface area (Å²) in [5.41, 5.74) is 4.76. The molecular weight excluding hydrogens is 687 g/mol. The predicted molar refractivity (Wildman–Crippen MR) is 191 cm³/mol. The highest BCUT2D eigenvalue weighted by Crippen LogP contribution is 2.31. The highest BCUT2D eigenvalue weighted by molar-refractivity contribution is 6.03. The summed E-state index contributed by atoms with van der Waals surface area (Å²) in [6.07, 6.45) is 0.975. The Morgan fingerprint density at radius 3 is 2.17 bits per heavy atom. The quantitative estimate of drug-likeness (QED) is 0.148. The third-order valence-electron chi connectivity index (χ3n) is 8.60. The highest BCUT2D eigenvalue weighted by Gasteiger charge is 2.32. The molecule has 3 aromatic carbocycles. The summed E-state index contributed by atoms with van der Waals surface area (Å²) in [7, 11) is 3.27. The van der Waals surface area contributed by atoms with Crippen molar-refractivity contribution in [2.75, 3.05) is 24.4 Å². The zero-order valence-corrected chi connectivity index (χ0v) is 28.7. The fraction of sp³-hybridized carbons (Fsp3) is 0.158. The van der Waals surface area contributed by atoms with E-state index in [0.717, 1.165) is 50.8 Å². The number of carbonyl (C=O) groups excluding carboxylic acids is 1. The lowest BCUT2D eigenvalue weighted by molar-refractivity contribution is -0.137. The van der Waals surface area contributed by atoms with Crippen molar-refractivity contribution in [2.45, 2.75) is 26.2 Å². The molecule has 0 aliphatic carbocycles. The molecule has 1 amide bonds. The summed E-state index contributed by atoms with van der Waals surface area (Å²) in [6.45, 7) is 3.01. The van der Waals surface area contributed by atoms with Crippen LogP contribution in [0.25, 0.3) is 22.5 Å². The average Bonchev–Trinajstić information content (AvgIpc) is 3.83. The number of aryl methyl sites for hydroxylation is 1. The molecule has 0 atom stereocenters. The number of carbonyl (C=O) groups is 1. The molecule has 0 spiro atoms. The number of amides is 1. The van der Waals surface area contributed by atoms with Crippen molar-refractivity contribution >= 4 is 22.9 Å². The minimum atomic E-state index is -4.66. The topological polar surface area (TPSA) is 125 Å². The lowest BCUT2D eigenvalue weighted by Gasteiger charge is -2.25. The number of halogens is 3. The number of anilines is 2. The highest BCUT2D eigenvalue weighted by atomic mass is 19.4. The Labute approximate surface area is 301 Å². The number of nitrogens with zero attached hydrogens (tertiary/aromatic N) is 8. The number of fused-ring (bicyclic) bond motifs is 1. The number of nitrogens with one attached hydrogen (secondary N) is 1. The van der Waals surface area contributed by atoms with Gasteiger partial charge in [-0.25, -0.2) is 14.2 Å². The second-order valence-electron chi connectivity index (χ2n) is 12.1. The fourth-order valence-electron chi connectivity index (χ4n) is 5.84. The Hall–Kier alpha value is -6.77. The minimum absolute atomic E-state index is 0.339. The van der Waals surface area contributed by atoms with Crippen molar-refractivity contribution in [3.8, 4) is 28.4 Å². The first-order valence-corrected chi connectivity index (χ1v) is 16.3. The zero-order valence-electron chi connectivity index (χ0n) is 28.7. The van der Waals surface area contributed by atoms with Crippen LogP contribution in [-0.2, 0) is 19.3 Å². The maximum Gasteiger partial charge on any atom is 0.418 e. The standard InChI is InChI=1S/C38H32F3N9O3/c1-24-4-9-29(46-37(51)32-16-28(19-43-47-32)38(39,40)41)17-35(24)49-22-27(18-44-49)33-14-15-34-36(42-23-45-50(33)34)48(20-25-5-10-30(52-2)11-6-25)21-26-7-12-31(53-3)13-8-26/h4-19,22-23H,20-21H2,1-3H3,(H,46,51). The lowest BCUT2D eigenvalue weighted by atomic mass is 10.1. The number of benzene rings is 3. The molecule has 0 fully saturated rings. The molecule has 53 heavy (non-hydrogen) atoms. The van der Waals surface area contributed by atoms with Crippen molar-refractivity contribution < 1.29 is 27.4 Å². The largest absolute Gasteiger partial charge is 0.497 e. The Bertz CT molecular complexity index is 2340. The normalized spacial score (nSPS) is 11.4. The van der Waals surface area contributed by atoms with Crippen molar-refractivity contribution in [3.63, 3.8) is 0 Å². The molecule has 15 heteroatoms. The number of aromatic nitrogens is 7. The molecule has 268 valence electrons. The van der Waals surface area contributed by atoms with Gasteiger partial charge in [0.15, 0.2) is 11.5 Å². The number of methoxy groups -OCH3 is 2. The second-order valence-corrected chi connectivity index (χ2v) is 12.1. The molecule has 0 unspecified atom stereocenters. The molecular formula is C38H32F3N9O3. The van der Waals surface area contributed by atoms with E-state index in [9.17, 15) is 18.0 Å². The SMILES string of the molecule is COc1ccc(CN(Cc2ccc(OC)cc2)c2ncnn3c(-c4cnn(-c5cc(NC(=O)c6cc(C(F)(F)F)cnn6)ccc5C)c4)ccc23)cc1. The van der Waals surface area contributed by atoms with Gasteiger partial charge in [-0.1, -0.05) is 30.3 Å². The molecule has 0 aliphatic rings. The Balaban J connectivity index is 1.17. The lowest BCUT2D eigenvalue weighted by Crippen LogP contribution is -2.24. The van der Waals surface area contributed by atoms with Crippen molar-refractivity contribution in [2.24, 2.45) is 0 Å². The molecule has 0 saturated heterocycles. The molecule has 0 aliphatic heterocycles. The van der Waals surface area contributed by atoms with Crippen molar-refractivity contribution in [3.05, 3.63) is 138 Å². The van der Waals surface area contributed by atoms with Gasteiger partial charge in [-0.15, -0.1) is 5.10 Å². The molecule has 7 rings (SSSR count). The van der Waals surface area contributed by atoms with Crippen LogP contribution in [0.3, 0.4) is 0 Å². The van der Waals surface area contributed by atoms with E-state index < -0.39 is 23.3 Å². The van der Waals surface area contributed by atoms with E-state index in [1.54, 1.807) is 43.3 Å². The molecule has 4 aromatic heterocycles. The number of alkyl halides is 3. The van der Waals surface area contributed by atoms with Crippen LogP contribution in [0.15, 0.2) is 110 Å². The van der Waals surface area contributed by atoms with Crippen molar-refractivity contribution in [1.82, 2.24) is 34.6 Å². The Morgan fingerprint density at radius 2 is 1.53 bits per heavy atom. The number of ether oxygens (including phenoxy) is 2. The molecule has 0 radical (unpaired) electrons. The van der Waals surface area contributed by atoms with E-state index in [0.29, 0.717) is 36.7 Å². The maximum absolute atomic E-state index is 13.2. The first-order valence-electron chi connectivity index (χ1n) is 16.3. The van der Waals surface area contributed by atoms with Crippen LogP contribution in [-0.4, -0.2) is 54.7 Å². The molecule has 4 heterocycles. The summed E-state index contributed by atoms with van der Waals surface area (Å²) in [6, 6.07) is 25.5. The first-order chi connectivity index (χ1) is 25.6.